The number of hydrogen-bond donors (Lipinski definition) is 1. The molecule has 0 atom stereocenters. The van der Waals surface area contributed by atoms with Crippen molar-refractivity contribution in [3.63, 3.8) is 0 Å². The first-order valence-corrected chi connectivity index (χ1v) is 8.24. The van der Waals surface area contributed by atoms with Crippen LogP contribution in [0.2, 0.25) is 5.02 Å². The molecule has 8 heteroatoms. The van der Waals surface area contributed by atoms with Gasteiger partial charge in [0.15, 0.2) is 0 Å². The van der Waals surface area contributed by atoms with Crippen molar-refractivity contribution < 1.29 is 13.2 Å². The maximum atomic E-state index is 12.4. The zero-order valence-corrected chi connectivity index (χ0v) is 12.9. The zero-order valence-electron chi connectivity index (χ0n) is 11.3. The molecule has 0 saturated heterocycles. The van der Waals surface area contributed by atoms with Crippen LogP contribution in [-0.2, 0) is 30.0 Å². The molecule has 0 fully saturated rings. The Balaban J connectivity index is 1.88. The predicted molar refractivity (Wildman–Crippen MR) is 77.9 cm³/mol. The fourth-order valence-electron chi connectivity index (χ4n) is 2.25. The number of sulfonamides is 1. The highest BCUT2D eigenvalue weighted by atomic mass is 35.5. The second-order valence-electron chi connectivity index (χ2n) is 4.84. The van der Waals surface area contributed by atoms with E-state index >= 15 is 0 Å². The van der Waals surface area contributed by atoms with Gasteiger partial charge in [-0.3, -0.25) is 4.68 Å². The van der Waals surface area contributed by atoms with Crippen LogP contribution in [0.3, 0.4) is 0 Å². The van der Waals surface area contributed by atoms with Crippen LogP contribution in [0.5, 0.6) is 5.75 Å². The molecule has 0 saturated carbocycles. The molecule has 3 rings (SSSR count). The highest BCUT2D eigenvalue weighted by molar-refractivity contribution is 7.89. The Morgan fingerprint density at radius 2 is 2.29 bits per heavy atom. The zero-order chi connectivity index (χ0) is 15.0. The molecule has 0 unspecified atom stereocenters. The number of aryl methyl sites for hydroxylation is 1. The molecule has 2 aromatic rings. The van der Waals surface area contributed by atoms with E-state index in [1.54, 1.807) is 30.2 Å². The van der Waals surface area contributed by atoms with Gasteiger partial charge in [0.2, 0.25) is 10.0 Å². The van der Waals surface area contributed by atoms with Gasteiger partial charge in [0.25, 0.3) is 0 Å². The Hall–Kier alpha value is -1.57. The molecule has 0 aliphatic carbocycles. The molecule has 1 aromatic carbocycles. The van der Waals surface area contributed by atoms with Gasteiger partial charge in [-0.25, -0.2) is 13.1 Å². The molecule has 1 N–H and O–H groups in total. The third-order valence-corrected chi connectivity index (χ3v) is 4.85. The summed E-state index contributed by atoms with van der Waals surface area (Å²) in [5.74, 6) is 0.401. The number of hydrogen-bond acceptors (Lipinski definition) is 4. The number of fused-ring (bicyclic) bond motifs is 1. The highest BCUT2D eigenvalue weighted by Crippen LogP contribution is 2.35. The van der Waals surface area contributed by atoms with Gasteiger partial charge in [0.1, 0.15) is 10.6 Å². The number of benzene rings is 1. The summed E-state index contributed by atoms with van der Waals surface area (Å²) in [5, 5.41) is 4.39. The SMILES string of the molecule is Cn1cc(CNS(=O)(=O)c2cc(Cl)cc3c2OCC3)cn1. The minimum Gasteiger partial charge on any atom is -0.492 e. The van der Waals surface area contributed by atoms with Crippen LogP contribution in [0.25, 0.3) is 0 Å². The minimum absolute atomic E-state index is 0.0893. The lowest BCUT2D eigenvalue weighted by molar-refractivity contribution is 0.348. The quantitative estimate of drug-likeness (QED) is 0.923. The van der Waals surface area contributed by atoms with Crippen molar-refractivity contribution in [2.75, 3.05) is 6.61 Å². The largest absolute Gasteiger partial charge is 0.492 e. The first kappa shape index (κ1) is 14.4. The second-order valence-corrected chi connectivity index (χ2v) is 7.01. The normalized spacial score (nSPS) is 14.0. The molecule has 1 aromatic heterocycles. The van der Waals surface area contributed by atoms with Crippen LogP contribution >= 0.6 is 11.6 Å². The number of halogens is 1. The Morgan fingerprint density at radius 1 is 1.48 bits per heavy atom. The summed E-state index contributed by atoms with van der Waals surface area (Å²) in [6.45, 7) is 0.637. The van der Waals surface area contributed by atoms with E-state index in [1.807, 2.05) is 0 Å². The molecule has 1 aliphatic rings. The smallest absolute Gasteiger partial charge is 0.244 e. The molecular weight excluding hydrogens is 314 g/mol. The van der Waals surface area contributed by atoms with Crippen molar-refractivity contribution in [2.45, 2.75) is 17.9 Å². The van der Waals surface area contributed by atoms with Gasteiger partial charge in [0, 0.05) is 42.4 Å². The van der Waals surface area contributed by atoms with E-state index in [9.17, 15) is 8.42 Å². The number of aromatic nitrogens is 2. The molecule has 0 radical (unpaired) electrons. The summed E-state index contributed by atoms with van der Waals surface area (Å²) >= 11 is 5.99. The summed E-state index contributed by atoms with van der Waals surface area (Å²) in [5.41, 5.74) is 1.60. The van der Waals surface area contributed by atoms with Gasteiger partial charge < -0.3 is 4.74 Å². The lowest BCUT2D eigenvalue weighted by atomic mass is 10.2. The Kier molecular flexibility index (Phi) is 3.64. The van der Waals surface area contributed by atoms with Gasteiger partial charge >= 0.3 is 0 Å². The van der Waals surface area contributed by atoms with E-state index < -0.39 is 10.0 Å². The fraction of sp³-hybridized carbons (Fsp3) is 0.308. The van der Waals surface area contributed by atoms with Crippen molar-refractivity contribution in [1.82, 2.24) is 14.5 Å². The number of ether oxygens (including phenoxy) is 1. The van der Waals surface area contributed by atoms with Gasteiger partial charge in [0.05, 0.1) is 12.8 Å². The van der Waals surface area contributed by atoms with E-state index in [4.69, 9.17) is 16.3 Å². The van der Waals surface area contributed by atoms with Crippen molar-refractivity contribution in [1.29, 1.82) is 0 Å². The van der Waals surface area contributed by atoms with Crippen LogP contribution < -0.4 is 9.46 Å². The molecule has 0 bridgehead atoms. The third-order valence-electron chi connectivity index (χ3n) is 3.23. The monoisotopic (exact) mass is 327 g/mol. The first-order valence-electron chi connectivity index (χ1n) is 6.38. The number of nitrogens with one attached hydrogen (secondary N) is 1. The van der Waals surface area contributed by atoms with Crippen molar-refractivity contribution in [3.8, 4) is 5.75 Å². The average molecular weight is 328 g/mol. The van der Waals surface area contributed by atoms with Gasteiger partial charge in [-0.15, -0.1) is 0 Å². The summed E-state index contributed by atoms with van der Waals surface area (Å²) in [7, 11) is -1.92. The minimum atomic E-state index is -3.69. The summed E-state index contributed by atoms with van der Waals surface area (Å²) in [6.07, 6.45) is 4.03. The topological polar surface area (TPSA) is 73.2 Å². The molecule has 0 amide bonds. The van der Waals surface area contributed by atoms with E-state index in [1.165, 1.54) is 6.07 Å². The van der Waals surface area contributed by atoms with Crippen LogP contribution in [-0.4, -0.2) is 24.8 Å². The van der Waals surface area contributed by atoms with E-state index in [2.05, 4.69) is 9.82 Å². The Morgan fingerprint density at radius 3 is 3.00 bits per heavy atom. The Labute approximate surface area is 127 Å². The highest BCUT2D eigenvalue weighted by Gasteiger charge is 2.26. The lowest BCUT2D eigenvalue weighted by Crippen LogP contribution is -2.23. The van der Waals surface area contributed by atoms with Crippen molar-refractivity contribution >= 4 is 21.6 Å². The van der Waals surface area contributed by atoms with E-state index in [0.29, 0.717) is 23.8 Å². The van der Waals surface area contributed by atoms with Crippen LogP contribution in [0.1, 0.15) is 11.1 Å². The van der Waals surface area contributed by atoms with Crippen LogP contribution in [0, 0.1) is 0 Å². The maximum absolute atomic E-state index is 12.4. The average Bonchev–Trinajstić information content (AvgIpc) is 3.04. The Bertz CT molecular complexity index is 786. The molecule has 2 heterocycles. The molecule has 6 nitrogen and oxygen atoms in total. The van der Waals surface area contributed by atoms with E-state index in [-0.39, 0.29) is 11.4 Å². The lowest BCUT2D eigenvalue weighted by Gasteiger charge is -2.10. The molecular formula is C13H14ClN3O3S. The van der Waals surface area contributed by atoms with Gasteiger partial charge in [-0.2, -0.15) is 5.10 Å². The molecule has 112 valence electrons. The summed E-state index contributed by atoms with van der Waals surface area (Å²) in [6, 6.07) is 3.15. The maximum Gasteiger partial charge on any atom is 0.244 e. The first-order chi connectivity index (χ1) is 9.95. The van der Waals surface area contributed by atoms with Crippen LogP contribution in [0.4, 0.5) is 0 Å². The van der Waals surface area contributed by atoms with Gasteiger partial charge in [-0.1, -0.05) is 11.6 Å². The molecule has 21 heavy (non-hydrogen) atoms. The fourth-order valence-corrected chi connectivity index (χ4v) is 3.79. The standard InChI is InChI=1S/C13H14ClN3O3S/c1-17-8-9(6-15-17)7-16-21(18,19)12-5-11(14)4-10-2-3-20-13(10)12/h4-6,8,16H,2-3,7H2,1H3. The second kappa shape index (κ2) is 5.32. The van der Waals surface area contributed by atoms with Crippen molar-refractivity contribution in [3.05, 3.63) is 40.7 Å². The summed E-state index contributed by atoms with van der Waals surface area (Å²) in [4.78, 5) is 0.0893. The van der Waals surface area contributed by atoms with Gasteiger partial charge in [-0.05, 0) is 12.1 Å². The van der Waals surface area contributed by atoms with E-state index in [0.717, 1.165) is 11.1 Å². The summed E-state index contributed by atoms with van der Waals surface area (Å²) < 4.78 is 34.5. The molecule has 0 spiro atoms. The van der Waals surface area contributed by atoms with Crippen molar-refractivity contribution in [2.24, 2.45) is 7.05 Å². The van der Waals surface area contributed by atoms with Crippen LogP contribution in [0.15, 0.2) is 29.4 Å². The molecule has 1 aliphatic heterocycles. The number of rotatable bonds is 4. The predicted octanol–water partition coefficient (Wildman–Crippen LogP) is 1.49. The third kappa shape index (κ3) is 2.90. The number of nitrogens with zero attached hydrogens (tertiary/aromatic N) is 2.